The number of rotatable bonds is 7. The monoisotopic (exact) mass is 299 g/mol. The van der Waals surface area contributed by atoms with Crippen LogP contribution < -0.4 is 4.74 Å². The summed E-state index contributed by atoms with van der Waals surface area (Å²) in [5.74, 6) is 0.658. The summed E-state index contributed by atoms with van der Waals surface area (Å²) >= 11 is 0. The van der Waals surface area contributed by atoms with E-state index < -0.39 is 0 Å². The molecule has 0 aliphatic heterocycles. The van der Waals surface area contributed by atoms with Gasteiger partial charge in [-0.05, 0) is 55.9 Å². The van der Waals surface area contributed by atoms with Crippen molar-refractivity contribution in [1.82, 2.24) is 4.90 Å². The topological polar surface area (TPSA) is 12.5 Å². The molecule has 0 radical (unpaired) electrons. The highest BCUT2D eigenvalue weighted by molar-refractivity contribution is 5.69. The number of benzene rings is 2. The van der Waals surface area contributed by atoms with Crippen LogP contribution in [0.25, 0.3) is 12.2 Å². The minimum atomic E-state index is -0.219. The molecule has 0 bridgehead atoms. The van der Waals surface area contributed by atoms with Crippen molar-refractivity contribution in [2.75, 3.05) is 27.2 Å². The Hall–Kier alpha value is -2.13. The normalized spacial score (nSPS) is 11.3. The Bertz CT molecular complexity index is 605. The van der Waals surface area contributed by atoms with E-state index in [2.05, 4.69) is 19.0 Å². The lowest BCUT2D eigenvalue weighted by molar-refractivity contribution is 0.281. The van der Waals surface area contributed by atoms with E-state index in [0.29, 0.717) is 0 Å². The Balaban J connectivity index is 1.86. The summed E-state index contributed by atoms with van der Waals surface area (Å²) < 4.78 is 18.8. The van der Waals surface area contributed by atoms with Crippen LogP contribution in [-0.2, 0) is 0 Å². The zero-order valence-corrected chi connectivity index (χ0v) is 13.1. The fraction of sp³-hybridized carbons (Fsp3) is 0.263. The first-order chi connectivity index (χ1) is 10.6. The SMILES string of the molecule is CN(C)CCCOc1ccc(C=Cc2cccc(F)c2)cc1. The van der Waals surface area contributed by atoms with Gasteiger partial charge in [-0.25, -0.2) is 4.39 Å². The van der Waals surface area contributed by atoms with Crippen LogP contribution in [0.2, 0.25) is 0 Å². The molecule has 0 aliphatic rings. The van der Waals surface area contributed by atoms with Crippen LogP contribution in [0.3, 0.4) is 0 Å². The van der Waals surface area contributed by atoms with Gasteiger partial charge in [-0.2, -0.15) is 0 Å². The van der Waals surface area contributed by atoms with E-state index in [-0.39, 0.29) is 5.82 Å². The third-order valence-electron chi connectivity index (χ3n) is 3.22. The number of halogens is 1. The predicted molar refractivity (Wildman–Crippen MR) is 90.4 cm³/mol. The number of hydrogen-bond acceptors (Lipinski definition) is 2. The zero-order valence-electron chi connectivity index (χ0n) is 13.1. The van der Waals surface area contributed by atoms with Crippen LogP contribution in [-0.4, -0.2) is 32.1 Å². The summed E-state index contributed by atoms with van der Waals surface area (Å²) in [4.78, 5) is 2.14. The summed E-state index contributed by atoms with van der Waals surface area (Å²) in [5, 5.41) is 0. The number of nitrogens with zero attached hydrogens (tertiary/aromatic N) is 1. The van der Waals surface area contributed by atoms with Gasteiger partial charge in [-0.1, -0.05) is 36.4 Å². The fourth-order valence-electron chi connectivity index (χ4n) is 2.05. The van der Waals surface area contributed by atoms with E-state index in [1.54, 1.807) is 6.07 Å². The van der Waals surface area contributed by atoms with Crippen LogP contribution in [0, 0.1) is 5.82 Å². The van der Waals surface area contributed by atoms with Crippen LogP contribution >= 0.6 is 0 Å². The van der Waals surface area contributed by atoms with Crippen LogP contribution in [0.15, 0.2) is 48.5 Å². The third-order valence-corrected chi connectivity index (χ3v) is 3.22. The summed E-state index contributed by atoms with van der Waals surface area (Å²) in [6.07, 6.45) is 4.87. The summed E-state index contributed by atoms with van der Waals surface area (Å²) in [5.41, 5.74) is 1.91. The maximum atomic E-state index is 13.1. The largest absolute Gasteiger partial charge is 0.494 e. The van der Waals surface area contributed by atoms with Gasteiger partial charge in [0.1, 0.15) is 11.6 Å². The molecule has 0 N–H and O–H groups in total. The first-order valence-electron chi connectivity index (χ1n) is 7.45. The molecule has 0 unspecified atom stereocenters. The highest BCUT2D eigenvalue weighted by atomic mass is 19.1. The van der Waals surface area contributed by atoms with E-state index in [1.807, 2.05) is 42.5 Å². The third kappa shape index (κ3) is 5.70. The Morgan fingerprint density at radius 1 is 1.00 bits per heavy atom. The van der Waals surface area contributed by atoms with E-state index in [9.17, 15) is 4.39 Å². The second-order valence-electron chi connectivity index (χ2n) is 5.46. The number of ether oxygens (including phenoxy) is 1. The van der Waals surface area contributed by atoms with Crippen molar-refractivity contribution in [3.8, 4) is 5.75 Å². The molecule has 0 aliphatic carbocycles. The molecule has 116 valence electrons. The maximum Gasteiger partial charge on any atom is 0.123 e. The van der Waals surface area contributed by atoms with E-state index in [1.165, 1.54) is 12.1 Å². The molecule has 22 heavy (non-hydrogen) atoms. The zero-order chi connectivity index (χ0) is 15.8. The quantitative estimate of drug-likeness (QED) is 0.557. The van der Waals surface area contributed by atoms with Gasteiger partial charge in [0.15, 0.2) is 0 Å². The van der Waals surface area contributed by atoms with Crippen LogP contribution in [0.1, 0.15) is 17.5 Å². The van der Waals surface area contributed by atoms with Gasteiger partial charge < -0.3 is 9.64 Å². The molecule has 0 heterocycles. The van der Waals surface area contributed by atoms with Crippen molar-refractivity contribution in [3.63, 3.8) is 0 Å². The predicted octanol–water partition coefficient (Wildman–Crippen LogP) is 4.33. The van der Waals surface area contributed by atoms with E-state index in [4.69, 9.17) is 4.74 Å². The van der Waals surface area contributed by atoms with Crippen LogP contribution in [0.4, 0.5) is 4.39 Å². The van der Waals surface area contributed by atoms with E-state index in [0.717, 1.165) is 36.4 Å². The van der Waals surface area contributed by atoms with Gasteiger partial charge >= 0.3 is 0 Å². The molecule has 0 spiro atoms. The van der Waals surface area contributed by atoms with Gasteiger partial charge in [0.2, 0.25) is 0 Å². The van der Waals surface area contributed by atoms with Crippen molar-refractivity contribution >= 4 is 12.2 Å². The van der Waals surface area contributed by atoms with Crippen LogP contribution in [0.5, 0.6) is 5.75 Å². The summed E-state index contributed by atoms with van der Waals surface area (Å²) in [6, 6.07) is 14.5. The molecular weight excluding hydrogens is 277 g/mol. The first-order valence-corrected chi connectivity index (χ1v) is 7.45. The molecule has 2 aromatic rings. The van der Waals surface area contributed by atoms with Crippen molar-refractivity contribution in [2.45, 2.75) is 6.42 Å². The van der Waals surface area contributed by atoms with Gasteiger partial charge in [-0.15, -0.1) is 0 Å². The smallest absolute Gasteiger partial charge is 0.123 e. The highest BCUT2D eigenvalue weighted by Crippen LogP contribution is 2.15. The standard InChI is InChI=1S/C19H22FNO/c1-21(2)13-4-14-22-19-11-9-16(10-12-19)7-8-17-5-3-6-18(20)15-17/h3,5-12,15H,4,13-14H2,1-2H3. The lowest BCUT2D eigenvalue weighted by atomic mass is 10.1. The first kappa shape index (κ1) is 16.2. The Kier molecular flexibility index (Phi) is 6.16. The number of hydrogen-bond donors (Lipinski definition) is 0. The van der Waals surface area contributed by atoms with Gasteiger partial charge in [-0.3, -0.25) is 0 Å². The molecular formula is C19H22FNO. The van der Waals surface area contributed by atoms with Crippen molar-refractivity contribution in [2.24, 2.45) is 0 Å². The van der Waals surface area contributed by atoms with Crippen molar-refractivity contribution in [1.29, 1.82) is 0 Å². The molecule has 0 aromatic heterocycles. The molecule has 2 rings (SSSR count). The fourth-order valence-corrected chi connectivity index (χ4v) is 2.05. The molecule has 0 saturated heterocycles. The highest BCUT2D eigenvalue weighted by Gasteiger charge is 1.96. The lowest BCUT2D eigenvalue weighted by Gasteiger charge is -2.10. The average molecular weight is 299 g/mol. The van der Waals surface area contributed by atoms with Gasteiger partial charge in [0.25, 0.3) is 0 Å². The molecule has 0 atom stereocenters. The minimum Gasteiger partial charge on any atom is -0.494 e. The molecule has 0 amide bonds. The van der Waals surface area contributed by atoms with E-state index >= 15 is 0 Å². The Labute approximate surface area is 131 Å². The Morgan fingerprint density at radius 3 is 2.41 bits per heavy atom. The van der Waals surface area contributed by atoms with Crippen molar-refractivity contribution < 1.29 is 9.13 Å². The molecule has 3 heteroatoms. The second kappa shape index (κ2) is 8.35. The van der Waals surface area contributed by atoms with Gasteiger partial charge in [0, 0.05) is 6.54 Å². The summed E-state index contributed by atoms with van der Waals surface area (Å²) in [6.45, 7) is 1.74. The Morgan fingerprint density at radius 2 is 1.73 bits per heavy atom. The average Bonchev–Trinajstić information content (AvgIpc) is 2.51. The van der Waals surface area contributed by atoms with Crippen molar-refractivity contribution in [3.05, 3.63) is 65.5 Å². The maximum absolute atomic E-state index is 13.1. The molecule has 2 aromatic carbocycles. The summed E-state index contributed by atoms with van der Waals surface area (Å²) in [7, 11) is 4.11. The lowest BCUT2D eigenvalue weighted by Crippen LogP contribution is -2.15. The molecule has 0 saturated carbocycles. The minimum absolute atomic E-state index is 0.219. The molecule has 0 fully saturated rings. The second-order valence-corrected chi connectivity index (χ2v) is 5.46. The van der Waals surface area contributed by atoms with Gasteiger partial charge in [0.05, 0.1) is 6.61 Å². The molecule has 2 nitrogen and oxygen atoms in total.